The molecule has 1 aliphatic heterocycles. The summed E-state index contributed by atoms with van der Waals surface area (Å²) in [5.74, 6) is 0.881. The molecule has 4 heteroatoms. The molecule has 0 spiro atoms. The molecule has 3 rings (SSSR count). The van der Waals surface area contributed by atoms with Gasteiger partial charge in [0.15, 0.2) is 0 Å². The second-order valence-corrected chi connectivity index (χ2v) is 6.20. The number of hydrogen-bond donors (Lipinski definition) is 1. The molecule has 1 N–H and O–H groups in total. The zero-order valence-corrected chi connectivity index (χ0v) is 12.8. The van der Waals surface area contributed by atoms with Crippen molar-refractivity contribution in [1.82, 2.24) is 9.88 Å². The maximum Gasteiger partial charge on any atom is 0.257 e. The van der Waals surface area contributed by atoms with Crippen LogP contribution in [0, 0.1) is 5.92 Å². The SMILES string of the molecule is CCNc1ccncc1C(=O)N1CCC[C@H]2CCCC[C@H]21. The highest BCUT2D eigenvalue weighted by Gasteiger charge is 2.36. The number of fused-ring (bicyclic) bond motifs is 1. The Balaban J connectivity index is 1.83. The summed E-state index contributed by atoms with van der Waals surface area (Å²) in [4.78, 5) is 19.3. The molecule has 0 unspecified atom stereocenters. The lowest BCUT2D eigenvalue weighted by atomic mass is 9.78. The van der Waals surface area contributed by atoms with Crippen molar-refractivity contribution >= 4 is 11.6 Å². The van der Waals surface area contributed by atoms with Gasteiger partial charge >= 0.3 is 0 Å². The maximum absolute atomic E-state index is 13.0. The van der Waals surface area contributed by atoms with Crippen LogP contribution >= 0.6 is 0 Å². The van der Waals surface area contributed by atoms with Crippen LogP contribution in [0.1, 0.15) is 55.8 Å². The van der Waals surface area contributed by atoms with E-state index in [9.17, 15) is 4.79 Å². The summed E-state index contributed by atoms with van der Waals surface area (Å²) < 4.78 is 0. The molecule has 0 aromatic carbocycles. The fourth-order valence-corrected chi connectivity index (χ4v) is 3.94. The Hall–Kier alpha value is -1.58. The first-order valence-corrected chi connectivity index (χ1v) is 8.30. The summed E-state index contributed by atoms with van der Waals surface area (Å²) in [6, 6.07) is 2.36. The van der Waals surface area contributed by atoms with Crippen molar-refractivity contribution in [3.63, 3.8) is 0 Å². The first-order chi connectivity index (χ1) is 10.3. The lowest BCUT2D eigenvalue weighted by Crippen LogP contribution is -2.49. The van der Waals surface area contributed by atoms with E-state index in [0.29, 0.717) is 6.04 Å². The lowest BCUT2D eigenvalue weighted by Gasteiger charge is -2.44. The van der Waals surface area contributed by atoms with E-state index in [1.165, 1.54) is 32.1 Å². The van der Waals surface area contributed by atoms with E-state index in [1.807, 2.05) is 13.0 Å². The summed E-state index contributed by atoms with van der Waals surface area (Å²) in [5.41, 5.74) is 1.64. The largest absolute Gasteiger partial charge is 0.385 e. The Kier molecular flexibility index (Phi) is 4.42. The van der Waals surface area contributed by atoms with Gasteiger partial charge in [0.1, 0.15) is 0 Å². The van der Waals surface area contributed by atoms with Crippen LogP contribution in [0.15, 0.2) is 18.5 Å². The summed E-state index contributed by atoms with van der Waals surface area (Å²) in [6.45, 7) is 3.77. The van der Waals surface area contributed by atoms with Gasteiger partial charge in [0, 0.05) is 31.5 Å². The first-order valence-electron chi connectivity index (χ1n) is 8.30. The van der Waals surface area contributed by atoms with E-state index in [-0.39, 0.29) is 5.91 Å². The van der Waals surface area contributed by atoms with Crippen molar-refractivity contribution in [3.05, 3.63) is 24.0 Å². The number of rotatable bonds is 3. The van der Waals surface area contributed by atoms with Crippen molar-refractivity contribution in [3.8, 4) is 0 Å². The minimum Gasteiger partial charge on any atom is -0.385 e. The van der Waals surface area contributed by atoms with Gasteiger partial charge in [0.25, 0.3) is 5.91 Å². The van der Waals surface area contributed by atoms with Crippen LogP contribution in [0.4, 0.5) is 5.69 Å². The highest BCUT2D eigenvalue weighted by molar-refractivity contribution is 5.99. The summed E-state index contributed by atoms with van der Waals surface area (Å²) in [7, 11) is 0. The Morgan fingerprint density at radius 1 is 1.33 bits per heavy atom. The van der Waals surface area contributed by atoms with E-state index in [4.69, 9.17) is 0 Å². The molecule has 0 bridgehead atoms. The fraction of sp³-hybridized carbons (Fsp3) is 0.647. The number of carbonyl (C=O) groups is 1. The number of carbonyl (C=O) groups excluding carboxylic acids is 1. The molecular weight excluding hydrogens is 262 g/mol. The molecule has 1 saturated carbocycles. The Labute approximate surface area is 126 Å². The molecule has 114 valence electrons. The van der Waals surface area contributed by atoms with Gasteiger partial charge < -0.3 is 10.2 Å². The molecule has 2 heterocycles. The number of pyridine rings is 1. The van der Waals surface area contributed by atoms with Gasteiger partial charge in [-0.3, -0.25) is 9.78 Å². The number of piperidine rings is 1. The molecule has 2 fully saturated rings. The zero-order chi connectivity index (χ0) is 14.7. The predicted molar refractivity (Wildman–Crippen MR) is 84.4 cm³/mol. The Bertz CT molecular complexity index is 501. The molecule has 0 radical (unpaired) electrons. The topological polar surface area (TPSA) is 45.2 Å². The van der Waals surface area contributed by atoms with Gasteiger partial charge in [-0.05, 0) is 44.6 Å². The third-order valence-electron chi connectivity index (χ3n) is 4.92. The number of aromatic nitrogens is 1. The van der Waals surface area contributed by atoms with E-state index >= 15 is 0 Å². The van der Waals surface area contributed by atoms with Gasteiger partial charge in [0.05, 0.1) is 11.3 Å². The first kappa shape index (κ1) is 14.4. The van der Waals surface area contributed by atoms with E-state index in [2.05, 4.69) is 15.2 Å². The maximum atomic E-state index is 13.0. The van der Waals surface area contributed by atoms with Crippen LogP contribution in [-0.2, 0) is 0 Å². The molecule has 21 heavy (non-hydrogen) atoms. The standard InChI is InChI=1S/C17H25N3O/c1-2-19-15-9-10-18-12-14(15)17(21)20-11-5-7-13-6-3-4-8-16(13)20/h9-10,12-13,16H,2-8,11H2,1H3,(H,18,19)/t13-,16-/m1/s1. The average molecular weight is 287 g/mol. The van der Waals surface area contributed by atoms with Crippen LogP contribution in [0.25, 0.3) is 0 Å². The summed E-state index contributed by atoms with van der Waals surface area (Å²) >= 11 is 0. The minimum absolute atomic E-state index is 0.163. The lowest BCUT2D eigenvalue weighted by molar-refractivity contribution is 0.0391. The molecular formula is C17H25N3O. The Morgan fingerprint density at radius 2 is 2.14 bits per heavy atom. The molecule has 1 aromatic rings. The number of nitrogens with zero attached hydrogens (tertiary/aromatic N) is 2. The van der Waals surface area contributed by atoms with E-state index < -0.39 is 0 Å². The zero-order valence-electron chi connectivity index (χ0n) is 12.8. The van der Waals surface area contributed by atoms with Gasteiger partial charge in [0.2, 0.25) is 0 Å². The highest BCUT2D eigenvalue weighted by Crippen LogP contribution is 2.36. The quantitative estimate of drug-likeness (QED) is 0.927. The van der Waals surface area contributed by atoms with Gasteiger partial charge in [-0.1, -0.05) is 12.8 Å². The summed E-state index contributed by atoms with van der Waals surface area (Å²) in [6.07, 6.45) is 11.0. The van der Waals surface area contributed by atoms with Crippen LogP contribution in [0.3, 0.4) is 0 Å². The molecule has 1 aromatic heterocycles. The highest BCUT2D eigenvalue weighted by atomic mass is 16.2. The van der Waals surface area contributed by atoms with Crippen LogP contribution in [0.2, 0.25) is 0 Å². The normalized spacial score (nSPS) is 25.3. The molecule has 1 amide bonds. The number of nitrogens with one attached hydrogen (secondary N) is 1. The van der Waals surface area contributed by atoms with Crippen molar-refractivity contribution in [2.45, 2.75) is 51.5 Å². The molecule has 4 nitrogen and oxygen atoms in total. The second-order valence-electron chi connectivity index (χ2n) is 6.20. The molecule has 2 aliphatic rings. The minimum atomic E-state index is 0.163. The van der Waals surface area contributed by atoms with Crippen molar-refractivity contribution in [1.29, 1.82) is 0 Å². The van der Waals surface area contributed by atoms with Crippen molar-refractivity contribution < 1.29 is 4.79 Å². The average Bonchev–Trinajstić information content (AvgIpc) is 2.54. The van der Waals surface area contributed by atoms with Gasteiger partial charge in [-0.25, -0.2) is 0 Å². The fourth-order valence-electron chi connectivity index (χ4n) is 3.94. The van der Waals surface area contributed by atoms with E-state index in [0.717, 1.165) is 36.7 Å². The van der Waals surface area contributed by atoms with Gasteiger partial charge in [-0.15, -0.1) is 0 Å². The number of hydrogen-bond acceptors (Lipinski definition) is 3. The van der Waals surface area contributed by atoms with Crippen LogP contribution in [0.5, 0.6) is 0 Å². The van der Waals surface area contributed by atoms with E-state index in [1.54, 1.807) is 12.4 Å². The van der Waals surface area contributed by atoms with Crippen molar-refractivity contribution in [2.24, 2.45) is 5.92 Å². The molecule has 2 atom stereocenters. The number of anilines is 1. The molecule has 1 aliphatic carbocycles. The van der Waals surface area contributed by atoms with Gasteiger partial charge in [-0.2, -0.15) is 0 Å². The monoisotopic (exact) mass is 287 g/mol. The smallest absolute Gasteiger partial charge is 0.257 e. The summed E-state index contributed by atoms with van der Waals surface area (Å²) in [5, 5.41) is 3.28. The Morgan fingerprint density at radius 3 is 3.00 bits per heavy atom. The van der Waals surface area contributed by atoms with Crippen LogP contribution < -0.4 is 5.32 Å². The van der Waals surface area contributed by atoms with Crippen LogP contribution in [-0.4, -0.2) is 34.9 Å². The van der Waals surface area contributed by atoms with Crippen molar-refractivity contribution in [2.75, 3.05) is 18.4 Å². The second kappa shape index (κ2) is 6.46. The third kappa shape index (κ3) is 2.89. The predicted octanol–water partition coefficient (Wildman–Crippen LogP) is 3.31. The number of likely N-dealkylation sites (tertiary alicyclic amines) is 1. The molecule has 1 saturated heterocycles. The third-order valence-corrected chi connectivity index (χ3v) is 4.92. The number of amides is 1.